The summed E-state index contributed by atoms with van der Waals surface area (Å²) in [6.45, 7) is 1.69. The Hall–Kier alpha value is -1.60. The molecule has 2 heterocycles. The second-order valence-electron chi connectivity index (χ2n) is 6.27. The lowest BCUT2D eigenvalue weighted by atomic mass is 10.0. The minimum absolute atomic E-state index is 0.0851. The molecule has 138 valence electrons. The summed E-state index contributed by atoms with van der Waals surface area (Å²) in [7, 11) is 2.03. The summed E-state index contributed by atoms with van der Waals surface area (Å²) in [5, 5.41) is 11.9. The maximum absolute atomic E-state index is 13.3. The highest BCUT2D eigenvalue weighted by atomic mass is 35.5. The predicted molar refractivity (Wildman–Crippen MR) is 105 cm³/mol. The van der Waals surface area contributed by atoms with Crippen LogP contribution in [0.3, 0.4) is 0 Å². The number of carboxylic acids is 1. The van der Waals surface area contributed by atoms with Gasteiger partial charge in [-0.1, -0.05) is 23.2 Å². The fourth-order valence-electron chi connectivity index (χ4n) is 3.17. The number of benzene rings is 1. The van der Waals surface area contributed by atoms with Crippen molar-refractivity contribution in [2.45, 2.75) is 18.9 Å². The number of thiophene rings is 1. The van der Waals surface area contributed by atoms with E-state index in [1.807, 2.05) is 7.05 Å². The third-order valence-electron chi connectivity index (χ3n) is 4.53. The van der Waals surface area contributed by atoms with Crippen LogP contribution in [0.4, 0.5) is 5.69 Å². The number of carboxylic acid groups (broad SMARTS) is 1. The Kier molecular flexibility index (Phi) is 5.87. The molecule has 1 aliphatic rings. The SMILES string of the molecule is CN1CCC(N(C(=O)c2ccc(Cl)cc2Cl)c2ccsc2C(=O)O)CC1. The van der Waals surface area contributed by atoms with Crippen LogP contribution in [0.25, 0.3) is 0 Å². The molecule has 1 aliphatic heterocycles. The number of carbonyl (C=O) groups excluding carboxylic acids is 1. The van der Waals surface area contributed by atoms with Gasteiger partial charge in [-0.3, -0.25) is 4.79 Å². The summed E-state index contributed by atoms with van der Waals surface area (Å²) < 4.78 is 0. The van der Waals surface area contributed by atoms with E-state index >= 15 is 0 Å². The highest BCUT2D eigenvalue weighted by Crippen LogP contribution is 2.33. The molecule has 0 spiro atoms. The number of amides is 1. The van der Waals surface area contributed by atoms with Crippen molar-refractivity contribution < 1.29 is 14.7 Å². The first-order chi connectivity index (χ1) is 12.4. The van der Waals surface area contributed by atoms with Gasteiger partial charge in [-0.25, -0.2) is 4.79 Å². The number of hydrogen-bond donors (Lipinski definition) is 1. The monoisotopic (exact) mass is 412 g/mol. The third-order valence-corrected chi connectivity index (χ3v) is 5.97. The van der Waals surface area contributed by atoms with Crippen molar-refractivity contribution in [1.29, 1.82) is 0 Å². The molecular formula is C18H18Cl2N2O3S. The minimum Gasteiger partial charge on any atom is -0.477 e. The zero-order valence-electron chi connectivity index (χ0n) is 14.1. The van der Waals surface area contributed by atoms with Crippen LogP contribution in [0.1, 0.15) is 32.9 Å². The van der Waals surface area contributed by atoms with Gasteiger partial charge in [0.2, 0.25) is 0 Å². The Bertz CT molecular complexity index is 832. The average molecular weight is 413 g/mol. The maximum atomic E-state index is 13.3. The molecule has 1 aromatic heterocycles. The van der Waals surface area contributed by atoms with E-state index in [1.165, 1.54) is 6.07 Å². The third kappa shape index (κ3) is 3.88. The fourth-order valence-corrected chi connectivity index (χ4v) is 4.38. The van der Waals surface area contributed by atoms with Crippen molar-refractivity contribution in [2.75, 3.05) is 25.0 Å². The van der Waals surface area contributed by atoms with Crippen LogP contribution >= 0.6 is 34.5 Å². The minimum atomic E-state index is -1.04. The lowest BCUT2D eigenvalue weighted by molar-refractivity contribution is 0.0702. The van der Waals surface area contributed by atoms with E-state index in [-0.39, 0.29) is 21.8 Å². The predicted octanol–water partition coefficient (Wildman–Crippen LogP) is 4.49. The molecule has 1 N–H and O–H groups in total. The van der Waals surface area contributed by atoms with E-state index in [9.17, 15) is 14.7 Å². The number of hydrogen-bond acceptors (Lipinski definition) is 4. The van der Waals surface area contributed by atoms with Crippen molar-refractivity contribution in [3.63, 3.8) is 0 Å². The number of carbonyl (C=O) groups is 2. The number of halogens is 2. The summed E-state index contributed by atoms with van der Waals surface area (Å²) in [5.41, 5.74) is 0.741. The average Bonchev–Trinajstić information content (AvgIpc) is 3.06. The van der Waals surface area contributed by atoms with Gasteiger partial charge in [-0.2, -0.15) is 0 Å². The number of rotatable bonds is 4. The molecule has 0 atom stereocenters. The number of nitrogens with zero attached hydrogens (tertiary/aromatic N) is 2. The first-order valence-corrected chi connectivity index (χ1v) is 9.80. The van der Waals surface area contributed by atoms with E-state index in [4.69, 9.17) is 23.2 Å². The largest absolute Gasteiger partial charge is 0.477 e. The van der Waals surface area contributed by atoms with E-state index < -0.39 is 5.97 Å². The highest BCUT2D eigenvalue weighted by Gasteiger charge is 2.33. The molecule has 26 heavy (non-hydrogen) atoms. The Labute approximate surface area is 165 Å². The summed E-state index contributed by atoms with van der Waals surface area (Å²) in [4.78, 5) is 28.9. The topological polar surface area (TPSA) is 60.9 Å². The molecule has 1 saturated heterocycles. The summed E-state index contributed by atoms with van der Waals surface area (Å²) in [5.74, 6) is -1.34. The molecule has 0 aliphatic carbocycles. The molecule has 1 aromatic carbocycles. The lowest BCUT2D eigenvalue weighted by Crippen LogP contribution is -2.47. The normalized spacial score (nSPS) is 15.8. The maximum Gasteiger partial charge on any atom is 0.348 e. The number of likely N-dealkylation sites (tertiary alicyclic amines) is 1. The Morgan fingerprint density at radius 2 is 1.92 bits per heavy atom. The first kappa shape index (κ1) is 19.2. The van der Waals surface area contributed by atoms with Gasteiger partial charge < -0.3 is 14.9 Å². The molecule has 3 rings (SSSR count). The highest BCUT2D eigenvalue weighted by molar-refractivity contribution is 7.12. The zero-order valence-corrected chi connectivity index (χ0v) is 16.4. The van der Waals surface area contributed by atoms with Crippen LogP contribution in [-0.4, -0.2) is 48.1 Å². The van der Waals surface area contributed by atoms with Crippen molar-refractivity contribution in [3.8, 4) is 0 Å². The number of aromatic carboxylic acids is 1. The van der Waals surface area contributed by atoms with E-state index in [0.717, 1.165) is 37.3 Å². The summed E-state index contributed by atoms with van der Waals surface area (Å²) >= 11 is 13.3. The van der Waals surface area contributed by atoms with Crippen LogP contribution in [0.2, 0.25) is 10.0 Å². The molecule has 8 heteroatoms. The van der Waals surface area contributed by atoms with Gasteiger partial charge >= 0.3 is 5.97 Å². The quantitative estimate of drug-likeness (QED) is 0.802. The van der Waals surface area contributed by atoms with Crippen molar-refractivity contribution in [2.24, 2.45) is 0 Å². The molecule has 5 nitrogen and oxygen atoms in total. The lowest BCUT2D eigenvalue weighted by Gasteiger charge is -2.37. The van der Waals surface area contributed by atoms with E-state index in [0.29, 0.717) is 16.3 Å². The van der Waals surface area contributed by atoms with Gasteiger partial charge in [-0.15, -0.1) is 11.3 Å². The molecule has 0 bridgehead atoms. The Morgan fingerprint density at radius 1 is 1.23 bits per heavy atom. The zero-order chi connectivity index (χ0) is 18.8. The van der Waals surface area contributed by atoms with Crippen molar-refractivity contribution in [1.82, 2.24) is 4.90 Å². The second kappa shape index (κ2) is 7.96. The van der Waals surface area contributed by atoms with E-state index in [2.05, 4.69) is 4.90 Å². The van der Waals surface area contributed by atoms with Gasteiger partial charge in [0.25, 0.3) is 5.91 Å². The smallest absolute Gasteiger partial charge is 0.348 e. The molecule has 0 unspecified atom stereocenters. The van der Waals surface area contributed by atoms with Gasteiger partial charge in [0.05, 0.1) is 16.3 Å². The van der Waals surface area contributed by atoms with Gasteiger partial charge in [0.15, 0.2) is 0 Å². The fraction of sp³-hybridized carbons (Fsp3) is 0.333. The second-order valence-corrected chi connectivity index (χ2v) is 8.03. The molecule has 0 radical (unpaired) electrons. The van der Waals surface area contributed by atoms with Gasteiger partial charge in [0, 0.05) is 11.1 Å². The Balaban J connectivity index is 2.03. The van der Waals surface area contributed by atoms with Crippen molar-refractivity contribution in [3.05, 3.63) is 50.1 Å². The summed E-state index contributed by atoms with van der Waals surface area (Å²) in [6.07, 6.45) is 1.53. The van der Waals surface area contributed by atoms with Crippen LogP contribution in [0.5, 0.6) is 0 Å². The Morgan fingerprint density at radius 3 is 2.54 bits per heavy atom. The molecule has 2 aromatic rings. The molecular weight excluding hydrogens is 395 g/mol. The standard InChI is InChI=1S/C18H18Cl2N2O3S/c1-21-7-4-12(5-8-21)22(15-6-9-26-16(15)18(24)25)17(23)13-3-2-11(19)10-14(13)20/h2-3,6,9-10,12H,4-5,7-8H2,1H3,(H,24,25). The molecule has 1 fully saturated rings. The number of anilines is 1. The van der Waals surface area contributed by atoms with Gasteiger partial charge in [0.1, 0.15) is 4.88 Å². The van der Waals surface area contributed by atoms with Crippen molar-refractivity contribution >= 4 is 52.1 Å². The van der Waals surface area contributed by atoms with Gasteiger partial charge in [-0.05, 0) is 62.6 Å². The van der Waals surface area contributed by atoms with Crippen LogP contribution in [0, 0.1) is 0 Å². The summed E-state index contributed by atoms with van der Waals surface area (Å²) in [6, 6.07) is 6.32. The molecule has 0 saturated carbocycles. The van der Waals surface area contributed by atoms with Crippen LogP contribution in [-0.2, 0) is 0 Å². The molecule has 1 amide bonds. The van der Waals surface area contributed by atoms with E-state index in [1.54, 1.807) is 28.5 Å². The first-order valence-electron chi connectivity index (χ1n) is 8.16. The van der Waals surface area contributed by atoms with Crippen LogP contribution in [0.15, 0.2) is 29.6 Å². The number of piperidine rings is 1. The van der Waals surface area contributed by atoms with Crippen LogP contribution < -0.4 is 4.90 Å².